The van der Waals surface area contributed by atoms with Crippen LogP contribution in [0.1, 0.15) is 44.6 Å². The highest BCUT2D eigenvalue weighted by Crippen LogP contribution is 2.69. The molecule has 2 aliphatic heterocycles. The van der Waals surface area contributed by atoms with Gasteiger partial charge in [-0.05, 0) is 56.9 Å². The van der Waals surface area contributed by atoms with E-state index in [2.05, 4.69) is 9.82 Å². The summed E-state index contributed by atoms with van der Waals surface area (Å²) in [6.45, 7) is 2.18. The number of fused-ring (bicyclic) bond motifs is 1. The van der Waals surface area contributed by atoms with Gasteiger partial charge in [0.2, 0.25) is 10.0 Å². The molecule has 0 aromatic carbocycles. The highest BCUT2D eigenvalue weighted by atomic mass is 32.3. The topological polar surface area (TPSA) is 104 Å². The number of thioether (sulfide) groups is 1. The van der Waals surface area contributed by atoms with Crippen molar-refractivity contribution in [2.45, 2.75) is 56.8 Å². The van der Waals surface area contributed by atoms with Gasteiger partial charge in [-0.15, -0.1) is 0 Å². The Balaban J connectivity index is 1.35. The van der Waals surface area contributed by atoms with Crippen LogP contribution in [0.2, 0.25) is 0 Å². The Morgan fingerprint density at radius 3 is 2.58 bits per heavy atom. The largest absolute Gasteiger partial charge is 0.501 e. The number of carbonyl (C=O) groups is 2. The van der Waals surface area contributed by atoms with E-state index >= 15 is 0 Å². The van der Waals surface area contributed by atoms with Gasteiger partial charge in [0.05, 0.1) is 6.20 Å². The third-order valence-corrected chi connectivity index (χ3v) is 10.7. The number of nitrogens with zero attached hydrogens (tertiary/aromatic N) is 4. The number of nitrogens with one attached hydrogen (secondary N) is 1. The minimum atomic E-state index is -3.81. The van der Waals surface area contributed by atoms with Gasteiger partial charge in [0.25, 0.3) is 0 Å². The van der Waals surface area contributed by atoms with Crippen LogP contribution in [0.25, 0.3) is 0 Å². The van der Waals surface area contributed by atoms with Gasteiger partial charge in [0, 0.05) is 29.8 Å². The maximum atomic E-state index is 14.2. The number of carbonyl (C=O) groups excluding carboxylic acids is 2. The van der Waals surface area contributed by atoms with Crippen LogP contribution in [0.4, 0.5) is 9.18 Å². The van der Waals surface area contributed by atoms with Crippen molar-refractivity contribution in [3.63, 3.8) is 0 Å². The van der Waals surface area contributed by atoms with Gasteiger partial charge >= 0.3 is 11.9 Å². The Kier molecular flexibility index (Phi) is 4.26. The molecule has 1 aromatic heterocycles. The average Bonchev–Trinajstić information content (AvgIpc) is 3.07. The van der Waals surface area contributed by atoms with Crippen LogP contribution in [-0.4, -0.2) is 62.4 Å². The summed E-state index contributed by atoms with van der Waals surface area (Å²) >= 11 is 0.964. The second kappa shape index (κ2) is 6.54. The maximum absolute atomic E-state index is 14.2. The summed E-state index contributed by atoms with van der Waals surface area (Å²) < 4.78 is 46.0. The normalized spacial score (nSPS) is 34.1. The van der Waals surface area contributed by atoms with Crippen LogP contribution in [0, 0.1) is 11.3 Å². The molecule has 0 radical (unpaired) electrons. The van der Waals surface area contributed by atoms with Crippen molar-refractivity contribution < 1.29 is 27.0 Å². The first-order valence-electron chi connectivity index (χ1n) is 11.0. The smallest absolute Gasteiger partial charge is 0.275 e. The molecule has 9 nitrogen and oxygen atoms in total. The van der Waals surface area contributed by atoms with Crippen LogP contribution in [0.5, 0.6) is 0 Å². The second-order valence-corrected chi connectivity index (χ2v) is 13.5. The number of alkyl halides is 1. The molecule has 1 N–H and O–H groups in total. The molecule has 12 heteroatoms. The molecule has 2 bridgehead atoms. The Morgan fingerprint density at radius 1 is 1.30 bits per heavy atom. The molecule has 4 aliphatic carbocycles. The Hall–Kier alpha value is -2.05. The molecule has 7 rings (SSSR count). The SMILES string of the molecule is Cn1cc(CN2C(=O)C3C=C(S(=O)(=O)NC4(C)CC4)SC3=[N+](CC34CC(F)(C3)C4)C2=O)cn1. The lowest BCUT2D eigenvalue weighted by molar-refractivity contribution is -0.482. The number of urea groups is 1. The first kappa shape index (κ1) is 21.5. The zero-order chi connectivity index (χ0) is 23.4. The van der Waals surface area contributed by atoms with Crippen molar-refractivity contribution in [2.75, 3.05) is 6.54 Å². The van der Waals surface area contributed by atoms with Gasteiger partial charge in [-0.2, -0.15) is 19.4 Å². The molecule has 0 spiro atoms. The summed E-state index contributed by atoms with van der Waals surface area (Å²) in [6.07, 6.45) is 7.51. The van der Waals surface area contributed by atoms with E-state index < -0.39 is 39.1 Å². The highest BCUT2D eigenvalue weighted by molar-refractivity contribution is 8.27. The summed E-state index contributed by atoms with van der Waals surface area (Å²) in [6, 6.07) is -0.491. The summed E-state index contributed by atoms with van der Waals surface area (Å²) in [5.41, 5.74) is -1.16. The van der Waals surface area contributed by atoms with Crippen molar-refractivity contribution in [3.05, 3.63) is 28.3 Å². The van der Waals surface area contributed by atoms with Crippen LogP contribution in [0.3, 0.4) is 0 Å². The van der Waals surface area contributed by atoms with Gasteiger partial charge in [-0.25, -0.2) is 22.3 Å². The summed E-state index contributed by atoms with van der Waals surface area (Å²) in [7, 11) is -2.07. The quantitative estimate of drug-likeness (QED) is 0.581. The number of halogens is 1. The van der Waals surface area contributed by atoms with E-state index in [0.717, 1.165) is 29.5 Å². The van der Waals surface area contributed by atoms with Gasteiger partial charge in [-0.3, -0.25) is 4.68 Å². The predicted octanol–water partition coefficient (Wildman–Crippen LogP) is 1.86. The third kappa shape index (κ3) is 3.40. The average molecular weight is 495 g/mol. The van der Waals surface area contributed by atoms with Crippen molar-refractivity contribution in [2.24, 2.45) is 18.4 Å². The van der Waals surface area contributed by atoms with Crippen LogP contribution in [0.15, 0.2) is 22.7 Å². The number of amides is 3. The molecule has 1 unspecified atom stereocenters. The van der Waals surface area contributed by atoms with Crippen LogP contribution >= 0.6 is 11.8 Å². The molecule has 33 heavy (non-hydrogen) atoms. The minimum Gasteiger partial charge on any atom is -0.275 e. The highest BCUT2D eigenvalue weighted by Gasteiger charge is 2.71. The van der Waals surface area contributed by atoms with Gasteiger partial charge in [-0.1, -0.05) is 0 Å². The lowest BCUT2D eigenvalue weighted by atomic mass is 9.42. The zero-order valence-electron chi connectivity index (χ0n) is 18.4. The summed E-state index contributed by atoms with van der Waals surface area (Å²) in [5.74, 6) is -1.31. The fraction of sp³-hybridized carbons (Fsp3) is 0.619. The Bertz CT molecular complexity index is 1260. The van der Waals surface area contributed by atoms with Crippen LogP contribution < -0.4 is 4.72 Å². The monoisotopic (exact) mass is 494 g/mol. The number of hydrogen-bond acceptors (Lipinski definition) is 6. The molecule has 3 amide bonds. The van der Waals surface area contributed by atoms with E-state index in [-0.39, 0.29) is 16.2 Å². The molecule has 3 heterocycles. The number of hydrogen-bond donors (Lipinski definition) is 1. The third-order valence-electron chi connectivity index (χ3n) is 7.35. The van der Waals surface area contributed by atoms with E-state index in [0.29, 0.717) is 36.4 Å². The van der Waals surface area contributed by atoms with Crippen molar-refractivity contribution in [3.8, 4) is 0 Å². The van der Waals surface area contributed by atoms with Crippen molar-refractivity contribution >= 4 is 38.8 Å². The molecule has 6 aliphatic rings. The first-order valence-corrected chi connectivity index (χ1v) is 13.3. The first-order chi connectivity index (χ1) is 15.4. The van der Waals surface area contributed by atoms with E-state index in [1.54, 1.807) is 24.1 Å². The van der Waals surface area contributed by atoms with Crippen molar-refractivity contribution in [1.82, 2.24) is 19.4 Å². The fourth-order valence-electron chi connectivity index (χ4n) is 5.51. The predicted molar refractivity (Wildman–Crippen MR) is 118 cm³/mol. The number of rotatable bonds is 7. The Labute approximate surface area is 195 Å². The molecule has 4 fully saturated rings. The number of aryl methyl sites for hydroxylation is 1. The summed E-state index contributed by atoms with van der Waals surface area (Å²) in [5, 5.41) is 4.51. The molecular formula is C21H25FN5O4S2+. The molecule has 1 atom stereocenters. The standard InChI is InChI=1S/C21H25FN5O4S2/c1-19(3-4-19)24-33(30,31)15-5-14-16(28)26(8-13-6-23-25(2)7-13)18(29)27(17(14)32-15)12-20-9-21(22,10-20)11-20/h5-7,14,24H,3-4,8-12H2,1-2H3/q+1. The van der Waals surface area contributed by atoms with Gasteiger partial charge in [0.15, 0.2) is 5.04 Å². The van der Waals surface area contributed by atoms with Gasteiger partial charge < -0.3 is 0 Å². The number of sulfonamides is 1. The molecule has 176 valence electrons. The lowest BCUT2D eigenvalue weighted by Gasteiger charge is -2.65. The number of imide groups is 1. The molecule has 4 saturated carbocycles. The van der Waals surface area contributed by atoms with Crippen molar-refractivity contribution in [1.29, 1.82) is 0 Å². The minimum absolute atomic E-state index is 0.0444. The van der Waals surface area contributed by atoms with E-state index in [9.17, 15) is 22.4 Å². The Morgan fingerprint density at radius 2 is 2.00 bits per heavy atom. The molecular weight excluding hydrogens is 469 g/mol. The molecule has 0 saturated heterocycles. The van der Waals surface area contributed by atoms with E-state index in [1.165, 1.54) is 10.7 Å². The fourth-order valence-corrected chi connectivity index (χ4v) is 8.56. The van der Waals surface area contributed by atoms with E-state index in [1.807, 2.05) is 6.92 Å². The van der Waals surface area contributed by atoms with E-state index in [4.69, 9.17) is 0 Å². The number of aromatic nitrogens is 2. The zero-order valence-corrected chi connectivity index (χ0v) is 20.0. The molecule has 1 aromatic rings. The lowest BCUT2D eigenvalue weighted by Crippen LogP contribution is -2.68. The summed E-state index contributed by atoms with van der Waals surface area (Å²) in [4.78, 5) is 28.0. The van der Waals surface area contributed by atoms with Crippen LogP contribution in [-0.2, 0) is 28.4 Å². The second-order valence-electron chi connectivity index (χ2n) is 10.6. The maximum Gasteiger partial charge on any atom is 0.501 e. The van der Waals surface area contributed by atoms with Gasteiger partial charge in [0.1, 0.15) is 28.9 Å².